The first-order valence-electron chi connectivity index (χ1n) is 7.78. The first-order valence-corrected chi connectivity index (χ1v) is 7.78. The first-order chi connectivity index (χ1) is 11.7. The van der Waals surface area contributed by atoms with Gasteiger partial charge in [0.25, 0.3) is 5.91 Å². The zero-order valence-electron chi connectivity index (χ0n) is 13.4. The average molecular weight is 332 g/mol. The highest BCUT2D eigenvalue weighted by Crippen LogP contribution is 2.15. The third-order valence-corrected chi connectivity index (χ3v) is 3.96. The van der Waals surface area contributed by atoms with Crippen LogP contribution in [0, 0.1) is 0 Å². The van der Waals surface area contributed by atoms with Gasteiger partial charge in [-0.1, -0.05) is 18.2 Å². The summed E-state index contributed by atoms with van der Waals surface area (Å²) >= 11 is 0. The van der Waals surface area contributed by atoms with Gasteiger partial charge >= 0.3 is 0 Å². The number of nitrogens with one attached hydrogen (secondary N) is 2. The molecule has 8 heteroatoms. The second kappa shape index (κ2) is 7.41. The number of aromatic amines is 1. The molecule has 2 amide bonds. The number of morpholine rings is 1. The van der Waals surface area contributed by atoms with Crippen molar-refractivity contribution in [2.75, 3.05) is 40.0 Å². The molecule has 0 radical (unpaired) electrons. The second-order valence-electron chi connectivity index (χ2n) is 5.59. The third-order valence-electron chi connectivity index (χ3n) is 3.96. The van der Waals surface area contributed by atoms with Crippen LogP contribution in [0.5, 0.6) is 0 Å². The summed E-state index contributed by atoms with van der Waals surface area (Å²) in [5.74, 6) is -0.329. The predicted molar refractivity (Wildman–Crippen MR) is 86.6 cm³/mol. The summed E-state index contributed by atoms with van der Waals surface area (Å²) in [4.78, 5) is 25.8. The van der Waals surface area contributed by atoms with Crippen molar-refractivity contribution in [3.63, 3.8) is 0 Å². The summed E-state index contributed by atoms with van der Waals surface area (Å²) in [7, 11) is 1.59. The molecule has 1 fully saturated rings. The van der Waals surface area contributed by atoms with E-state index < -0.39 is 0 Å². The number of rotatable bonds is 6. The molecule has 1 aromatic heterocycles. The van der Waals surface area contributed by atoms with Crippen molar-refractivity contribution in [3.05, 3.63) is 30.0 Å². The Hall–Kier alpha value is -2.45. The lowest BCUT2D eigenvalue weighted by Crippen LogP contribution is -2.51. The second-order valence-corrected chi connectivity index (χ2v) is 5.59. The summed E-state index contributed by atoms with van der Waals surface area (Å²) in [6.07, 6.45) is -0.242. The summed E-state index contributed by atoms with van der Waals surface area (Å²) in [5.41, 5.74) is 1.17. The van der Waals surface area contributed by atoms with E-state index in [9.17, 15) is 9.59 Å². The molecule has 0 aliphatic carbocycles. The molecule has 8 nitrogen and oxygen atoms in total. The minimum absolute atomic E-state index is 0.0234. The Morgan fingerprint density at radius 2 is 2.33 bits per heavy atom. The highest BCUT2D eigenvalue weighted by Gasteiger charge is 2.26. The van der Waals surface area contributed by atoms with Crippen molar-refractivity contribution in [1.29, 1.82) is 0 Å². The van der Waals surface area contributed by atoms with Gasteiger partial charge in [0.15, 0.2) is 5.69 Å². The number of carbonyl (C=O) groups is 2. The summed E-state index contributed by atoms with van der Waals surface area (Å²) in [6.45, 7) is 1.77. The largest absolute Gasteiger partial charge is 0.383 e. The van der Waals surface area contributed by atoms with Crippen molar-refractivity contribution in [2.45, 2.75) is 6.10 Å². The number of aromatic nitrogens is 2. The van der Waals surface area contributed by atoms with Crippen LogP contribution in [-0.2, 0) is 14.3 Å². The number of para-hydroxylation sites is 1. The zero-order chi connectivity index (χ0) is 16.9. The predicted octanol–water partition coefficient (Wildman–Crippen LogP) is 0.167. The Bertz CT molecular complexity index is 730. The van der Waals surface area contributed by atoms with Crippen LogP contribution in [0.15, 0.2) is 24.3 Å². The molecule has 3 rings (SSSR count). The molecule has 0 saturated carbocycles. The number of ether oxygens (including phenoxy) is 2. The van der Waals surface area contributed by atoms with Crippen LogP contribution in [0.1, 0.15) is 10.5 Å². The summed E-state index contributed by atoms with van der Waals surface area (Å²) < 4.78 is 10.5. The maximum Gasteiger partial charge on any atom is 0.272 e. The van der Waals surface area contributed by atoms with Crippen LogP contribution < -0.4 is 5.32 Å². The lowest BCUT2D eigenvalue weighted by atomic mass is 10.2. The maximum atomic E-state index is 12.3. The fourth-order valence-electron chi connectivity index (χ4n) is 2.65. The summed E-state index contributed by atoms with van der Waals surface area (Å²) in [5, 5.41) is 10.5. The Kier molecular flexibility index (Phi) is 5.07. The smallest absolute Gasteiger partial charge is 0.272 e. The van der Waals surface area contributed by atoms with E-state index in [1.807, 2.05) is 24.3 Å². The van der Waals surface area contributed by atoms with Gasteiger partial charge in [0.05, 0.1) is 18.2 Å². The van der Waals surface area contributed by atoms with E-state index in [-0.39, 0.29) is 24.5 Å². The fraction of sp³-hybridized carbons (Fsp3) is 0.438. The molecule has 2 aromatic rings. The van der Waals surface area contributed by atoms with Crippen molar-refractivity contribution < 1.29 is 19.1 Å². The normalized spacial score (nSPS) is 18.1. The van der Waals surface area contributed by atoms with Gasteiger partial charge in [-0.2, -0.15) is 5.10 Å². The molecule has 1 saturated heterocycles. The number of amides is 2. The van der Waals surface area contributed by atoms with E-state index in [0.29, 0.717) is 31.9 Å². The van der Waals surface area contributed by atoms with Crippen molar-refractivity contribution in [3.8, 4) is 0 Å². The Balaban J connectivity index is 1.57. The van der Waals surface area contributed by atoms with Crippen molar-refractivity contribution >= 4 is 22.7 Å². The number of methoxy groups -OCH3 is 1. The van der Waals surface area contributed by atoms with Crippen LogP contribution >= 0.6 is 0 Å². The van der Waals surface area contributed by atoms with E-state index in [2.05, 4.69) is 15.5 Å². The average Bonchev–Trinajstić information content (AvgIpc) is 3.04. The molecule has 0 spiro atoms. The molecule has 1 aliphatic heterocycles. The molecule has 1 aliphatic rings. The van der Waals surface area contributed by atoms with E-state index in [1.54, 1.807) is 12.0 Å². The topological polar surface area (TPSA) is 96.6 Å². The minimum atomic E-state index is -0.267. The fourth-order valence-corrected chi connectivity index (χ4v) is 2.65. The van der Waals surface area contributed by atoms with E-state index >= 15 is 0 Å². The Morgan fingerprint density at radius 1 is 1.50 bits per heavy atom. The maximum absolute atomic E-state index is 12.3. The molecular weight excluding hydrogens is 312 g/mol. The van der Waals surface area contributed by atoms with Gasteiger partial charge in [-0.3, -0.25) is 14.7 Å². The van der Waals surface area contributed by atoms with Crippen molar-refractivity contribution in [1.82, 2.24) is 20.4 Å². The quantitative estimate of drug-likeness (QED) is 0.786. The van der Waals surface area contributed by atoms with E-state index in [1.165, 1.54) is 0 Å². The van der Waals surface area contributed by atoms with Crippen molar-refractivity contribution in [2.24, 2.45) is 0 Å². The third kappa shape index (κ3) is 3.55. The molecule has 0 bridgehead atoms. The molecule has 2 heterocycles. The number of fused-ring (bicyclic) bond motifs is 1. The van der Waals surface area contributed by atoms with Crippen LogP contribution in [0.3, 0.4) is 0 Å². The Morgan fingerprint density at radius 3 is 3.17 bits per heavy atom. The monoisotopic (exact) mass is 332 g/mol. The number of hydrogen-bond donors (Lipinski definition) is 2. The number of hydrogen-bond acceptors (Lipinski definition) is 5. The van der Waals surface area contributed by atoms with Crippen LogP contribution in [0.4, 0.5) is 0 Å². The lowest BCUT2D eigenvalue weighted by Gasteiger charge is -2.32. The van der Waals surface area contributed by atoms with Gasteiger partial charge in [0, 0.05) is 32.1 Å². The number of H-pyrrole nitrogens is 1. The van der Waals surface area contributed by atoms with Gasteiger partial charge in [0.1, 0.15) is 6.61 Å². The lowest BCUT2D eigenvalue weighted by molar-refractivity contribution is -0.149. The molecule has 24 heavy (non-hydrogen) atoms. The van der Waals surface area contributed by atoms with E-state index in [4.69, 9.17) is 9.47 Å². The molecule has 1 atom stereocenters. The van der Waals surface area contributed by atoms with Gasteiger partial charge in [0.2, 0.25) is 5.91 Å². The first kappa shape index (κ1) is 16.4. The summed E-state index contributed by atoms with van der Waals surface area (Å²) in [6, 6.07) is 7.44. The molecular formula is C16H20N4O4. The van der Waals surface area contributed by atoms with Crippen LogP contribution in [0.25, 0.3) is 10.9 Å². The van der Waals surface area contributed by atoms with Gasteiger partial charge in [-0.05, 0) is 6.07 Å². The molecule has 2 N–H and O–H groups in total. The highest BCUT2D eigenvalue weighted by molar-refractivity contribution is 6.04. The number of nitrogens with zero attached hydrogens (tertiary/aromatic N) is 2. The molecule has 1 aromatic carbocycles. The highest BCUT2D eigenvalue weighted by atomic mass is 16.5. The molecule has 128 valence electrons. The van der Waals surface area contributed by atoms with Gasteiger partial charge in [-0.25, -0.2) is 0 Å². The molecule has 1 unspecified atom stereocenters. The van der Waals surface area contributed by atoms with Gasteiger partial charge in [-0.15, -0.1) is 0 Å². The standard InChI is InChI=1S/C16H20N4O4/c1-23-7-6-20-9-11(24-10-14(20)21)8-17-16(22)15-12-4-2-3-5-13(12)18-19-15/h2-5,11H,6-10H2,1H3,(H,17,22)(H,18,19). The van der Waals surface area contributed by atoms with E-state index in [0.717, 1.165) is 10.9 Å². The SMILES string of the molecule is COCCN1CC(CNC(=O)c2n[nH]c3ccccc23)OCC1=O. The number of carbonyl (C=O) groups excluding carboxylic acids is 2. The van der Waals surface area contributed by atoms with Crippen LogP contribution in [0.2, 0.25) is 0 Å². The zero-order valence-corrected chi connectivity index (χ0v) is 13.4. The minimum Gasteiger partial charge on any atom is -0.383 e. The number of benzene rings is 1. The van der Waals surface area contributed by atoms with Crippen LogP contribution in [-0.4, -0.2) is 73.0 Å². The Labute approximate surface area is 139 Å². The van der Waals surface area contributed by atoms with Gasteiger partial charge < -0.3 is 19.7 Å².